The molecule has 0 radical (unpaired) electrons. The van der Waals surface area contributed by atoms with Crippen LogP contribution in [-0.2, 0) is 6.42 Å². The zero-order valence-electron chi connectivity index (χ0n) is 8.65. The molecule has 0 fully saturated rings. The van der Waals surface area contributed by atoms with Crippen LogP contribution in [0.3, 0.4) is 0 Å². The first-order chi connectivity index (χ1) is 6.24. The standard InChI is InChI=1S/C12H17N/c1-8-4-5-9(2)12-10(8)6-7-11(12)13-3/h4-5,11,13H,6-7H2,1-3H3. The van der Waals surface area contributed by atoms with Gasteiger partial charge in [-0.1, -0.05) is 12.1 Å². The third-order valence-corrected chi connectivity index (χ3v) is 3.19. The second-order valence-electron chi connectivity index (χ2n) is 3.97. The number of nitrogens with one attached hydrogen (secondary N) is 1. The second kappa shape index (κ2) is 3.15. The third kappa shape index (κ3) is 1.28. The van der Waals surface area contributed by atoms with Crippen LogP contribution in [0.15, 0.2) is 12.1 Å². The Bertz CT molecular complexity index is 328. The number of hydrogen-bond acceptors (Lipinski definition) is 1. The van der Waals surface area contributed by atoms with Crippen molar-refractivity contribution in [2.24, 2.45) is 0 Å². The highest BCUT2D eigenvalue weighted by atomic mass is 14.9. The van der Waals surface area contributed by atoms with E-state index >= 15 is 0 Å². The molecule has 0 aromatic heterocycles. The summed E-state index contributed by atoms with van der Waals surface area (Å²) in [7, 11) is 2.06. The number of hydrogen-bond donors (Lipinski definition) is 1. The van der Waals surface area contributed by atoms with Gasteiger partial charge in [0.2, 0.25) is 0 Å². The van der Waals surface area contributed by atoms with Crippen molar-refractivity contribution in [1.82, 2.24) is 5.32 Å². The molecule has 1 unspecified atom stereocenters. The first-order valence-corrected chi connectivity index (χ1v) is 5.00. The first kappa shape index (κ1) is 8.76. The smallest absolute Gasteiger partial charge is 0.0326 e. The average molecular weight is 175 g/mol. The minimum atomic E-state index is 0.592. The molecule has 0 saturated heterocycles. The van der Waals surface area contributed by atoms with Gasteiger partial charge in [-0.2, -0.15) is 0 Å². The Morgan fingerprint density at radius 3 is 2.62 bits per heavy atom. The summed E-state index contributed by atoms with van der Waals surface area (Å²) in [6.07, 6.45) is 2.51. The zero-order valence-corrected chi connectivity index (χ0v) is 8.65. The van der Waals surface area contributed by atoms with E-state index in [9.17, 15) is 0 Å². The number of rotatable bonds is 1. The lowest BCUT2D eigenvalue weighted by atomic mass is 9.98. The molecule has 70 valence electrons. The molecule has 13 heavy (non-hydrogen) atoms. The summed E-state index contributed by atoms with van der Waals surface area (Å²) >= 11 is 0. The SMILES string of the molecule is CNC1CCc2c(C)ccc(C)c21. The molecule has 1 atom stereocenters. The maximum Gasteiger partial charge on any atom is 0.0326 e. The summed E-state index contributed by atoms with van der Waals surface area (Å²) in [6.45, 7) is 4.43. The van der Waals surface area contributed by atoms with Crippen molar-refractivity contribution < 1.29 is 0 Å². The molecular weight excluding hydrogens is 158 g/mol. The van der Waals surface area contributed by atoms with Crippen LogP contribution in [-0.4, -0.2) is 7.05 Å². The third-order valence-electron chi connectivity index (χ3n) is 3.19. The van der Waals surface area contributed by atoms with Gasteiger partial charge < -0.3 is 5.32 Å². The van der Waals surface area contributed by atoms with Gasteiger partial charge in [0.05, 0.1) is 0 Å². The minimum Gasteiger partial charge on any atom is -0.313 e. The van der Waals surface area contributed by atoms with E-state index in [-0.39, 0.29) is 0 Å². The highest BCUT2D eigenvalue weighted by molar-refractivity contribution is 5.45. The summed E-state index contributed by atoms with van der Waals surface area (Å²) in [4.78, 5) is 0. The van der Waals surface area contributed by atoms with Crippen LogP contribution >= 0.6 is 0 Å². The van der Waals surface area contributed by atoms with Crippen molar-refractivity contribution in [3.8, 4) is 0 Å². The first-order valence-electron chi connectivity index (χ1n) is 5.00. The molecule has 1 N–H and O–H groups in total. The van der Waals surface area contributed by atoms with E-state index < -0.39 is 0 Å². The lowest BCUT2D eigenvalue weighted by Gasteiger charge is -2.13. The van der Waals surface area contributed by atoms with Gasteiger partial charge in [0, 0.05) is 6.04 Å². The second-order valence-corrected chi connectivity index (χ2v) is 3.97. The summed E-state index contributed by atoms with van der Waals surface area (Å²) in [5, 5.41) is 3.39. The quantitative estimate of drug-likeness (QED) is 0.691. The molecule has 1 nitrogen and oxygen atoms in total. The maximum atomic E-state index is 3.39. The molecule has 0 bridgehead atoms. The number of aryl methyl sites for hydroxylation is 2. The van der Waals surface area contributed by atoms with Crippen LogP contribution in [0.25, 0.3) is 0 Å². The van der Waals surface area contributed by atoms with Gasteiger partial charge in [0.15, 0.2) is 0 Å². The summed E-state index contributed by atoms with van der Waals surface area (Å²) < 4.78 is 0. The highest BCUT2D eigenvalue weighted by Gasteiger charge is 2.23. The summed E-state index contributed by atoms with van der Waals surface area (Å²) in [5.74, 6) is 0. The predicted molar refractivity (Wildman–Crippen MR) is 56.0 cm³/mol. The van der Waals surface area contributed by atoms with E-state index in [1.54, 1.807) is 11.1 Å². The Labute approximate surface area is 80.2 Å². The van der Waals surface area contributed by atoms with Gasteiger partial charge >= 0.3 is 0 Å². The lowest BCUT2D eigenvalue weighted by Crippen LogP contribution is -2.13. The van der Waals surface area contributed by atoms with Crippen LogP contribution in [0, 0.1) is 13.8 Å². The van der Waals surface area contributed by atoms with Crippen molar-refractivity contribution >= 4 is 0 Å². The van der Waals surface area contributed by atoms with Crippen LogP contribution < -0.4 is 5.32 Å². The molecule has 0 heterocycles. The molecule has 1 heteroatoms. The van der Waals surface area contributed by atoms with Crippen molar-refractivity contribution in [2.75, 3.05) is 7.05 Å². The van der Waals surface area contributed by atoms with Crippen LogP contribution in [0.5, 0.6) is 0 Å². The monoisotopic (exact) mass is 175 g/mol. The Morgan fingerprint density at radius 1 is 1.23 bits per heavy atom. The van der Waals surface area contributed by atoms with E-state index in [0.717, 1.165) is 0 Å². The minimum absolute atomic E-state index is 0.592. The van der Waals surface area contributed by atoms with E-state index in [4.69, 9.17) is 0 Å². The van der Waals surface area contributed by atoms with Crippen molar-refractivity contribution in [3.05, 3.63) is 34.4 Å². The van der Waals surface area contributed by atoms with Gasteiger partial charge in [-0.3, -0.25) is 0 Å². The topological polar surface area (TPSA) is 12.0 Å². The molecule has 0 amide bonds. The Morgan fingerprint density at radius 2 is 1.92 bits per heavy atom. The molecule has 0 spiro atoms. The van der Waals surface area contributed by atoms with E-state index in [1.807, 2.05) is 0 Å². The van der Waals surface area contributed by atoms with Gasteiger partial charge in [-0.25, -0.2) is 0 Å². The summed E-state index contributed by atoms with van der Waals surface area (Å²) in [6, 6.07) is 5.07. The molecule has 0 saturated carbocycles. The maximum absolute atomic E-state index is 3.39. The van der Waals surface area contributed by atoms with Gasteiger partial charge in [0.25, 0.3) is 0 Å². The van der Waals surface area contributed by atoms with E-state index in [0.29, 0.717) is 6.04 Å². The van der Waals surface area contributed by atoms with Gasteiger partial charge in [-0.05, 0) is 56.0 Å². The largest absolute Gasteiger partial charge is 0.313 e. The normalized spacial score (nSPS) is 20.4. The van der Waals surface area contributed by atoms with E-state index in [2.05, 4.69) is 38.3 Å². The molecule has 1 aliphatic carbocycles. The molecular formula is C12H17N. The van der Waals surface area contributed by atoms with Crippen LogP contribution in [0.1, 0.15) is 34.7 Å². The van der Waals surface area contributed by atoms with Crippen LogP contribution in [0.2, 0.25) is 0 Å². The Kier molecular flexibility index (Phi) is 2.12. The fraction of sp³-hybridized carbons (Fsp3) is 0.500. The fourth-order valence-corrected chi connectivity index (χ4v) is 2.43. The zero-order chi connectivity index (χ0) is 9.42. The van der Waals surface area contributed by atoms with Gasteiger partial charge in [-0.15, -0.1) is 0 Å². The number of benzene rings is 1. The summed E-state index contributed by atoms with van der Waals surface area (Å²) in [5.41, 5.74) is 6.04. The highest BCUT2D eigenvalue weighted by Crippen LogP contribution is 2.35. The Balaban J connectivity index is 2.55. The fourth-order valence-electron chi connectivity index (χ4n) is 2.43. The van der Waals surface area contributed by atoms with Crippen LogP contribution in [0.4, 0.5) is 0 Å². The number of fused-ring (bicyclic) bond motifs is 1. The lowest BCUT2D eigenvalue weighted by molar-refractivity contribution is 0.588. The van der Waals surface area contributed by atoms with Crippen molar-refractivity contribution in [2.45, 2.75) is 32.7 Å². The molecule has 1 aromatic rings. The van der Waals surface area contributed by atoms with E-state index in [1.165, 1.54) is 24.0 Å². The molecule has 0 aliphatic heterocycles. The van der Waals surface area contributed by atoms with Crippen molar-refractivity contribution in [3.63, 3.8) is 0 Å². The Hall–Kier alpha value is -0.820. The van der Waals surface area contributed by atoms with Crippen molar-refractivity contribution in [1.29, 1.82) is 0 Å². The van der Waals surface area contributed by atoms with Gasteiger partial charge in [0.1, 0.15) is 0 Å². The molecule has 1 aliphatic rings. The molecule has 1 aromatic carbocycles. The molecule has 2 rings (SSSR count). The average Bonchev–Trinajstić information content (AvgIpc) is 2.56. The predicted octanol–water partition coefficient (Wildman–Crippen LogP) is 2.51.